The highest BCUT2D eigenvalue weighted by Crippen LogP contribution is 2.41. The van der Waals surface area contributed by atoms with E-state index in [1.807, 2.05) is 20.8 Å². The van der Waals surface area contributed by atoms with Crippen LogP contribution in [0.15, 0.2) is 11.0 Å². The van der Waals surface area contributed by atoms with Crippen LogP contribution >= 0.6 is 0 Å². The fourth-order valence-corrected chi connectivity index (χ4v) is 3.15. The van der Waals surface area contributed by atoms with Gasteiger partial charge in [-0.05, 0) is 20.3 Å². The fraction of sp³-hybridized carbons (Fsp3) is 0.733. The monoisotopic (exact) mass is 327 g/mol. The van der Waals surface area contributed by atoms with Gasteiger partial charge >= 0.3 is 11.6 Å². The maximum absolute atomic E-state index is 12.0. The van der Waals surface area contributed by atoms with Crippen LogP contribution < -0.4 is 14.9 Å². The minimum atomic E-state index is -0.756. The Morgan fingerprint density at radius 2 is 2.09 bits per heavy atom. The van der Waals surface area contributed by atoms with Gasteiger partial charge in [0.15, 0.2) is 11.9 Å². The van der Waals surface area contributed by atoms with Gasteiger partial charge in [-0.2, -0.15) is 9.55 Å². The predicted octanol–water partition coefficient (Wildman–Crippen LogP) is -0.357. The number of aromatic amines is 1. The largest absolute Gasteiger partial charge is 0.458 e. The molecule has 1 aromatic rings. The van der Waals surface area contributed by atoms with Crippen LogP contribution in [0.5, 0.6) is 6.01 Å². The van der Waals surface area contributed by atoms with Crippen LogP contribution in [-0.4, -0.2) is 47.9 Å². The molecule has 23 heavy (non-hydrogen) atoms. The molecule has 3 heterocycles. The van der Waals surface area contributed by atoms with E-state index in [-0.39, 0.29) is 24.3 Å². The summed E-state index contributed by atoms with van der Waals surface area (Å²) in [6.45, 7) is 5.37. The fourth-order valence-electron chi connectivity index (χ4n) is 3.15. The molecule has 4 atom stereocenters. The molecular formula is C15H23N2O6+. The van der Waals surface area contributed by atoms with Crippen molar-refractivity contribution in [3.05, 3.63) is 22.1 Å². The van der Waals surface area contributed by atoms with Crippen molar-refractivity contribution in [3.8, 4) is 6.01 Å². The highest BCUT2D eigenvalue weighted by molar-refractivity contribution is 5.03. The second kappa shape index (κ2) is 5.86. The lowest BCUT2D eigenvalue weighted by atomic mass is 10.1. The van der Waals surface area contributed by atoms with E-state index in [0.29, 0.717) is 12.0 Å². The summed E-state index contributed by atoms with van der Waals surface area (Å²) in [7, 11) is 1.47. The number of methoxy groups -OCH3 is 1. The lowest BCUT2D eigenvalue weighted by molar-refractivity contribution is -0.772. The molecule has 0 aliphatic carbocycles. The Labute approximate surface area is 133 Å². The Hall–Kier alpha value is -1.48. The number of aliphatic hydroxyl groups is 1. The molecule has 0 bridgehead atoms. The van der Waals surface area contributed by atoms with Gasteiger partial charge in [0.2, 0.25) is 6.23 Å². The van der Waals surface area contributed by atoms with Gasteiger partial charge in [-0.1, -0.05) is 6.92 Å². The quantitative estimate of drug-likeness (QED) is 0.734. The number of fused-ring (bicyclic) bond motifs is 1. The molecule has 3 rings (SSSR count). The zero-order chi connectivity index (χ0) is 16.8. The topological polar surface area (TPSA) is 93.9 Å². The summed E-state index contributed by atoms with van der Waals surface area (Å²) >= 11 is 0. The summed E-state index contributed by atoms with van der Waals surface area (Å²) < 4.78 is 24.7. The lowest BCUT2D eigenvalue weighted by Crippen LogP contribution is -2.49. The van der Waals surface area contributed by atoms with Crippen molar-refractivity contribution < 1.29 is 28.6 Å². The van der Waals surface area contributed by atoms with Crippen LogP contribution in [-0.2, 0) is 20.6 Å². The molecule has 0 unspecified atom stereocenters. The SMILES string of the molecule is CCc1c[n+]([C@@H]2O[C@H](CO)[C@H]3OC(C)(C)O[C@H]32)c(OC)[nH]c1=O. The van der Waals surface area contributed by atoms with E-state index < -0.39 is 24.2 Å². The van der Waals surface area contributed by atoms with Gasteiger partial charge in [-0.3, -0.25) is 0 Å². The highest BCUT2D eigenvalue weighted by atomic mass is 16.8. The average molecular weight is 327 g/mol. The molecule has 0 amide bonds. The van der Waals surface area contributed by atoms with Gasteiger partial charge in [-0.15, -0.1) is 0 Å². The molecule has 0 saturated carbocycles. The zero-order valence-corrected chi connectivity index (χ0v) is 13.7. The molecule has 8 nitrogen and oxygen atoms in total. The van der Waals surface area contributed by atoms with Crippen molar-refractivity contribution in [2.24, 2.45) is 0 Å². The number of rotatable bonds is 4. The first-order chi connectivity index (χ1) is 10.9. The van der Waals surface area contributed by atoms with Gasteiger partial charge in [0.25, 0.3) is 0 Å². The number of aryl methyl sites for hydroxylation is 1. The summed E-state index contributed by atoms with van der Waals surface area (Å²) in [6, 6.07) is 0.267. The number of nitrogens with zero attached hydrogens (tertiary/aromatic N) is 1. The van der Waals surface area contributed by atoms with E-state index >= 15 is 0 Å². The maximum atomic E-state index is 12.0. The molecule has 0 radical (unpaired) electrons. The van der Waals surface area contributed by atoms with Crippen molar-refractivity contribution in [1.82, 2.24) is 4.98 Å². The summed E-state index contributed by atoms with van der Waals surface area (Å²) in [4.78, 5) is 14.7. The lowest BCUT2D eigenvalue weighted by Gasteiger charge is -2.23. The Kier molecular flexibility index (Phi) is 4.18. The van der Waals surface area contributed by atoms with Crippen molar-refractivity contribution in [2.45, 2.75) is 57.5 Å². The van der Waals surface area contributed by atoms with Gasteiger partial charge in [-0.25, -0.2) is 4.79 Å². The van der Waals surface area contributed by atoms with E-state index in [0.717, 1.165) is 0 Å². The van der Waals surface area contributed by atoms with Crippen LogP contribution in [0.3, 0.4) is 0 Å². The minimum Gasteiger partial charge on any atom is -0.434 e. The number of aromatic nitrogens is 2. The van der Waals surface area contributed by atoms with E-state index in [4.69, 9.17) is 18.9 Å². The summed E-state index contributed by atoms with van der Waals surface area (Å²) in [6.07, 6.45) is 0.433. The number of ether oxygens (including phenoxy) is 4. The first kappa shape index (κ1) is 16.4. The van der Waals surface area contributed by atoms with E-state index in [1.165, 1.54) is 7.11 Å². The third-order valence-corrected chi connectivity index (χ3v) is 4.20. The van der Waals surface area contributed by atoms with Crippen molar-refractivity contribution in [1.29, 1.82) is 0 Å². The summed E-state index contributed by atoms with van der Waals surface area (Å²) in [5.74, 6) is -0.756. The second-order valence-electron chi connectivity index (χ2n) is 6.19. The normalized spacial score (nSPS) is 32.0. The molecule has 2 fully saturated rings. The van der Waals surface area contributed by atoms with E-state index in [1.54, 1.807) is 10.8 Å². The number of H-pyrrole nitrogens is 1. The number of hydrogen-bond acceptors (Lipinski definition) is 6. The molecular weight excluding hydrogens is 304 g/mol. The Morgan fingerprint density at radius 1 is 1.39 bits per heavy atom. The molecule has 2 aliphatic heterocycles. The molecule has 1 aromatic heterocycles. The first-order valence-electron chi connectivity index (χ1n) is 7.73. The average Bonchev–Trinajstić information content (AvgIpc) is 2.99. The molecule has 2 saturated heterocycles. The standard InChI is InChI=1S/C15H22N2O6/c1-5-8-6-17(14(20-4)16-12(8)19)13-11-10(9(7-18)21-13)22-15(2,3)23-11/h6,9-11,13,18H,5,7H2,1-4H3/p+1/t9-,10-,11-,13-/m1/s1. The third-order valence-electron chi connectivity index (χ3n) is 4.20. The van der Waals surface area contributed by atoms with Gasteiger partial charge in [0, 0.05) is 0 Å². The van der Waals surface area contributed by atoms with Crippen molar-refractivity contribution >= 4 is 0 Å². The van der Waals surface area contributed by atoms with E-state index in [9.17, 15) is 9.90 Å². The molecule has 0 aromatic carbocycles. The van der Waals surface area contributed by atoms with Crippen LogP contribution in [0.2, 0.25) is 0 Å². The minimum absolute atomic E-state index is 0.177. The van der Waals surface area contributed by atoms with Crippen molar-refractivity contribution in [3.63, 3.8) is 0 Å². The Morgan fingerprint density at radius 3 is 2.70 bits per heavy atom. The third kappa shape index (κ3) is 2.76. The Bertz CT molecular complexity index is 643. The zero-order valence-electron chi connectivity index (χ0n) is 13.7. The van der Waals surface area contributed by atoms with Gasteiger partial charge in [0.05, 0.1) is 19.3 Å². The second-order valence-corrected chi connectivity index (χ2v) is 6.19. The molecule has 128 valence electrons. The van der Waals surface area contributed by atoms with Crippen LogP contribution in [0.1, 0.15) is 32.6 Å². The number of nitrogens with one attached hydrogen (secondary N) is 1. The number of aliphatic hydroxyl groups excluding tert-OH is 1. The maximum Gasteiger partial charge on any atom is 0.458 e. The van der Waals surface area contributed by atoms with Crippen molar-refractivity contribution in [2.75, 3.05) is 13.7 Å². The predicted molar refractivity (Wildman–Crippen MR) is 78.0 cm³/mol. The smallest absolute Gasteiger partial charge is 0.434 e. The van der Waals surface area contributed by atoms with Gasteiger partial charge < -0.3 is 24.1 Å². The molecule has 0 spiro atoms. The molecule has 8 heteroatoms. The van der Waals surface area contributed by atoms with Crippen LogP contribution in [0.4, 0.5) is 0 Å². The molecule has 2 aliphatic rings. The first-order valence-corrected chi connectivity index (χ1v) is 7.73. The van der Waals surface area contributed by atoms with Crippen LogP contribution in [0.25, 0.3) is 0 Å². The van der Waals surface area contributed by atoms with Gasteiger partial charge in [0.1, 0.15) is 18.4 Å². The highest BCUT2D eigenvalue weighted by Gasteiger charge is 2.58. The number of hydrogen-bond donors (Lipinski definition) is 2. The summed E-state index contributed by atoms with van der Waals surface area (Å²) in [5, 5.41) is 9.56. The van der Waals surface area contributed by atoms with Crippen LogP contribution in [0, 0.1) is 0 Å². The molecule has 2 N–H and O–H groups in total. The summed E-state index contributed by atoms with van der Waals surface area (Å²) in [5.41, 5.74) is 0.411. The van der Waals surface area contributed by atoms with E-state index in [2.05, 4.69) is 4.98 Å². The Balaban J connectivity index is 2.02.